The Kier molecular flexibility index (Phi) is 3.45. The molecule has 0 aliphatic rings. The van der Waals surface area contributed by atoms with Crippen molar-refractivity contribution in [1.82, 2.24) is 4.98 Å². The fourth-order valence-corrected chi connectivity index (χ4v) is 1.32. The van der Waals surface area contributed by atoms with E-state index in [9.17, 15) is 9.59 Å². The molecule has 3 nitrogen and oxygen atoms in total. The molecule has 0 atom stereocenters. The molecule has 15 heavy (non-hydrogen) atoms. The number of Topliss-reactive ketones (excluding diaryl/α,β-unsaturated/α-hetero) is 2. The van der Waals surface area contributed by atoms with E-state index >= 15 is 0 Å². The molecule has 0 aromatic carbocycles. The SMILES string of the molecule is CC(C)C(=O)c1c[nH]c(C(=O)C(C)C)c1. The van der Waals surface area contributed by atoms with Gasteiger partial charge in [0, 0.05) is 23.6 Å². The van der Waals surface area contributed by atoms with E-state index in [-0.39, 0.29) is 23.4 Å². The summed E-state index contributed by atoms with van der Waals surface area (Å²) in [5.74, 6) is 0.0142. The zero-order valence-electron chi connectivity index (χ0n) is 9.63. The maximum atomic E-state index is 11.6. The van der Waals surface area contributed by atoms with Crippen molar-refractivity contribution in [2.45, 2.75) is 27.7 Å². The van der Waals surface area contributed by atoms with E-state index in [2.05, 4.69) is 4.98 Å². The van der Waals surface area contributed by atoms with Crippen LogP contribution in [-0.4, -0.2) is 16.6 Å². The lowest BCUT2D eigenvalue weighted by Gasteiger charge is -2.00. The van der Waals surface area contributed by atoms with Gasteiger partial charge in [-0.2, -0.15) is 0 Å². The molecule has 0 radical (unpaired) electrons. The van der Waals surface area contributed by atoms with Gasteiger partial charge in [-0.05, 0) is 6.07 Å². The van der Waals surface area contributed by atoms with Gasteiger partial charge in [-0.15, -0.1) is 0 Å². The van der Waals surface area contributed by atoms with Gasteiger partial charge in [0.25, 0.3) is 0 Å². The van der Waals surface area contributed by atoms with E-state index < -0.39 is 0 Å². The average molecular weight is 207 g/mol. The zero-order chi connectivity index (χ0) is 11.6. The number of hydrogen-bond acceptors (Lipinski definition) is 2. The van der Waals surface area contributed by atoms with E-state index in [1.807, 2.05) is 27.7 Å². The van der Waals surface area contributed by atoms with Gasteiger partial charge in [0.15, 0.2) is 11.6 Å². The standard InChI is InChI=1S/C12H17NO2/c1-7(2)11(14)9-5-10(13-6-9)12(15)8(3)4/h5-8,13H,1-4H3. The van der Waals surface area contributed by atoms with Crippen molar-refractivity contribution < 1.29 is 9.59 Å². The summed E-state index contributed by atoms with van der Waals surface area (Å²) >= 11 is 0. The Hall–Kier alpha value is -1.38. The predicted octanol–water partition coefficient (Wildman–Crippen LogP) is 2.69. The van der Waals surface area contributed by atoms with Gasteiger partial charge in [-0.25, -0.2) is 0 Å². The lowest BCUT2D eigenvalue weighted by atomic mass is 10.0. The molecule has 0 aliphatic heterocycles. The maximum absolute atomic E-state index is 11.6. The van der Waals surface area contributed by atoms with Crippen molar-refractivity contribution in [3.05, 3.63) is 23.5 Å². The minimum atomic E-state index is -0.0503. The van der Waals surface area contributed by atoms with Crippen LogP contribution in [0.25, 0.3) is 0 Å². The highest BCUT2D eigenvalue weighted by Gasteiger charge is 2.16. The number of nitrogens with one attached hydrogen (secondary N) is 1. The van der Waals surface area contributed by atoms with Gasteiger partial charge in [0.1, 0.15) is 0 Å². The van der Waals surface area contributed by atoms with Crippen molar-refractivity contribution in [1.29, 1.82) is 0 Å². The molecule has 82 valence electrons. The molecule has 1 N–H and O–H groups in total. The fourth-order valence-electron chi connectivity index (χ4n) is 1.32. The van der Waals surface area contributed by atoms with Crippen molar-refractivity contribution in [2.24, 2.45) is 11.8 Å². The van der Waals surface area contributed by atoms with Crippen LogP contribution < -0.4 is 0 Å². The molecule has 0 amide bonds. The average Bonchev–Trinajstić information content (AvgIpc) is 2.63. The number of rotatable bonds is 4. The highest BCUT2D eigenvalue weighted by Crippen LogP contribution is 2.13. The molecule has 1 rings (SSSR count). The first-order valence-electron chi connectivity index (χ1n) is 5.20. The van der Waals surface area contributed by atoms with Crippen LogP contribution in [0.1, 0.15) is 48.5 Å². The number of ketones is 2. The Balaban J connectivity index is 2.90. The number of carbonyl (C=O) groups is 2. The first kappa shape index (κ1) is 11.7. The monoisotopic (exact) mass is 207 g/mol. The van der Waals surface area contributed by atoms with E-state index in [4.69, 9.17) is 0 Å². The van der Waals surface area contributed by atoms with Gasteiger partial charge < -0.3 is 4.98 Å². The van der Waals surface area contributed by atoms with Crippen LogP contribution in [0, 0.1) is 11.8 Å². The van der Waals surface area contributed by atoms with Crippen molar-refractivity contribution in [2.75, 3.05) is 0 Å². The van der Waals surface area contributed by atoms with Crippen LogP contribution in [0.5, 0.6) is 0 Å². The predicted molar refractivity (Wildman–Crippen MR) is 59.1 cm³/mol. The molecule has 1 aromatic heterocycles. The van der Waals surface area contributed by atoms with Crippen LogP contribution in [-0.2, 0) is 0 Å². The molecule has 3 heteroatoms. The number of hydrogen-bond donors (Lipinski definition) is 1. The number of H-pyrrole nitrogens is 1. The zero-order valence-corrected chi connectivity index (χ0v) is 9.63. The lowest BCUT2D eigenvalue weighted by molar-refractivity contribution is 0.0933. The summed E-state index contributed by atoms with van der Waals surface area (Å²) in [6, 6.07) is 1.64. The second-order valence-electron chi connectivity index (χ2n) is 4.34. The summed E-state index contributed by atoms with van der Waals surface area (Å²) in [6.07, 6.45) is 1.61. The third-order valence-electron chi connectivity index (χ3n) is 2.28. The molecule has 0 saturated heterocycles. The van der Waals surface area contributed by atoms with Crippen LogP contribution in [0.3, 0.4) is 0 Å². The molecule has 1 heterocycles. The highest BCUT2D eigenvalue weighted by atomic mass is 16.1. The van der Waals surface area contributed by atoms with Crippen LogP contribution in [0.2, 0.25) is 0 Å². The Bertz CT molecular complexity index is 340. The fraction of sp³-hybridized carbons (Fsp3) is 0.500. The van der Waals surface area contributed by atoms with E-state index in [0.29, 0.717) is 11.3 Å². The lowest BCUT2D eigenvalue weighted by Crippen LogP contribution is -2.08. The summed E-state index contributed by atoms with van der Waals surface area (Å²) in [7, 11) is 0. The second-order valence-corrected chi connectivity index (χ2v) is 4.34. The van der Waals surface area contributed by atoms with E-state index in [1.54, 1.807) is 12.3 Å². The summed E-state index contributed by atoms with van der Waals surface area (Å²) < 4.78 is 0. The van der Waals surface area contributed by atoms with Gasteiger partial charge in [0.05, 0.1) is 5.69 Å². The minimum absolute atomic E-state index is 0.0391. The summed E-state index contributed by atoms with van der Waals surface area (Å²) in [5, 5.41) is 0. The van der Waals surface area contributed by atoms with Gasteiger partial charge in [0.2, 0.25) is 0 Å². The van der Waals surface area contributed by atoms with Crippen molar-refractivity contribution in [3.63, 3.8) is 0 Å². The molecule has 0 unspecified atom stereocenters. The number of aromatic amines is 1. The van der Waals surface area contributed by atoms with Gasteiger partial charge in [-0.3, -0.25) is 9.59 Å². The van der Waals surface area contributed by atoms with Gasteiger partial charge >= 0.3 is 0 Å². The van der Waals surface area contributed by atoms with Crippen LogP contribution in [0.15, 0.2) is 12.3 Å². The summed E-state index contributed by atoms with van der Waals surface area (Å²) in [6.45, 7) is 7.37. The molecule has 0 aliphatic carbocycles. The summed E-state index contributed by atoms with van der Waals surface area (Å²) in [4.78, 5) is 26.1. The molecule has 0 saturated carbocycles. The Morgan fingerprint density at radius 1 is 1.07 bits per heavy atom. The Labute approximate surface area is 89.9 Å². The third-order valence-corrected chi connectivity index (χ3v) is 2.28. The minimum Gasteiger partial charge on any atom is -0.358 e. The van der Waals surface area contributed by atoms with Crippen molar-refractivity contribution in [3.8, 4) is 0 Å². The smallest absolute Gasteiger partial charge is 0.181 e. The topological polar surface area (TPSA) is 49.9 Å². The molecule has 1 aromatic rings. The van der Waals surface area contributed by atoms with E-state index in [0.717, 1.165) is 0 Å². The third kappa shape index (κ3) is 2.55. The van der Waals surface area contributed by atoms with Crippen LogP contribution >= 0.6 is 0 Å². The first-order chi connectivity index (χ1) is 6.93. The largest absolute Gasteiger partial charge is 0.358 e. The second kappa shape index (κ2) is 4.43. The maximum Gasteiger partial charge on any atom is 0.181 e. The number of aromatic nitrogens is 1. The molecule has 0 spiro atoms. The molecular weight excluding hydrogens is 190 g/mol. The van der Waals surface area contributed by atoms with Crippen molar-refractivity contribution >= 4 is 11.6 Å². The number of carbonyl (C=O) groups excluding carboxylic acids is 2. The first-order valence-corrected chi connectivity index (χ1v) is 5.20. The summed E-state index contributed by atoms with van der Waals surface area (Å²) in [5.41, 5.74) is 1.11. The highest BCUT2D eigenvalue weighted by molar-refractivity contribution is 6.02. The van der Waals surface area contributed by atoms with Crippen LogP contribution in [0.4, 0.5) is 0 Å². The Morgan fingerprint density at radius 3 is 2.07 bits per heavy atom. The molecular formula is C12H17NO2. The van der Waals surface area contributed by atoms with Gasteiger partial charge in [-0.1, -0.05) is 27.7 Å². The Morgan fingerprint density at radius 2 is 1.60 bits per heavy atom. The quantitative estimate of drug-likeness (QED) is 0.772. The molecule has 0 fully saturated rings. The molecule has 0 bridgehead atoms. The normalized spacial score (nSPS) is 11.1. The van der Waals surface area contributed by atoms with E-state index in [1.165, 1.54) is 0 Å².